The minimum Gasteiger partial charge on any atom is -0.480 e. The van der Waals surface area contributed by atoms with E-state index in [-0.39, 0.29) is 18.0 Å². The molecule has 0 saturated heterocycles. The highest BCUT2D eigenvalue weighted by Gasteiger charge is 2.14. The lowest BCUT2D eigenvalue weighted by Gasteiger charge is -2.19. The second kappa shape index (κ2) is 7.98. The van der Waals surface area contributed by atoms with Crippen LogP contribution in [0.15, 0.2) is 35.2 Å². The van der Waals surface area contributed by atoms with Crippen LogP contribution in [0.1, 0.15) is 13.3 Å². The summed E-state index contributed by atoms with van der Waals surface area (Å²) in [5.41, 5.74) is 0. The summed E-state index contributed by atoms with van der Waals surface area (Å²) >= 11 is 0. The molecule has 0 aliphatic carbocycles. The molecular formula is C13H20N2O4S. The van der Waals surface area contributed by atoms with Crippen molar-refractivity contribution < 1.29 is 18.3 Å². The Kier molecular flexibility index (Phi) is 6.63. The fourth-order valence-corrected chi connectivity index (χ4v) is 2.84. The number of hydrogen-bond donors (Lipinski definition) is 2. The number of benzene rings is 1. The zero-order valence-electron chi connectivity index (χ0n) is 11.4. The van der Waals surface area contributed by atoms with Crippen molar-refractivity contribution >= 4 is 16.0 Å². The number of aliphatic carboxylic acids is 1. The van der Waals surface area contributed by atoms with Gasteiger partial charge in [-0.3, -0.25) is 9.69 Å². The molecule has 0 bridgehead atoms. The molecule has 0 radical (unpaired) electrons. The molecule has 2 N–H and O–H groups in total. The number of carbonyl (C=O) groups is 1. The van der Waals surface area contributed by atoms with E-state index in [1.807, 2.05) is 6.92 Å². The summed E-state index contributed by atoms with van der Waals surface area (Å²) < 4.78 is 26.4. The van der Waals surface area contributed by atoms with Crippen LogP contribution in [-0.2, 0) is 14.8 Å². The van der Waals surface area contributed by atoms with Gasteiger partial charge in [0.25, 0.3) is 0 Å². The maximum atomic E-state index is 11.9. The highest BCUT2D eigenvalue weighted by atomic mass is 32.2. The van der Waals surface area contributed by atoms with Crippen molar-refractivity contribution in [2.45, 2.75) is 18.2 Å². The Balaban J connectivity index is 2.51. The molecule has 112 valence electrons. The first-order chi connectivity index (χ1) is 9.45. The van der Waals surface area contributed by atoms with E-state index in [0.717, 1.165) is 6.42 Å². The maximum Gasteiger partial charge on any atom is 0.317 e. The standard InChI is InChI=1S/C13H20N2O4S/c1-2-9-15(11-13(16)17)10-8-14-20(18,19)12-6-4-3-5-7-12/h3-7,14H,2,8-11H2,1H3,(H,16,17). The molecular weight excluding hydrogens is 280 g/mol. The van der Waals surface area contributed by atoms with Crippen LogP contribution in [0.5, 0.6) is 0 Å². The van der Waals surface area contributed by atoms with E-state index in [1.54, 1.807) is 23.1 Å². The monoisotopic (exact) mass is 300 g/mol. The van der Waals surface area contributed by atoms with E-state index in [9.17, 15) is 13.2 Å². The quantitative estimate of drug-likeness (QED) is 0.703. The molecule has 0 heterocycles. The van der Waals surface area contributed by atoms with Crippen molar-refractivity contribution in [2.24, 2.45) is 0 Å². The Morgan fingerprint density at radius 3 is 2.45 bits per heavy atom. The summed E-state index contributed by atoms with van der Waals surface area (Å²) in [7, 11) is -3.52. The number of rotatable bonds is 9. The number of carboxylic acids is 1. The summed E-state index contributed by atoms with van der Waals surface area (Å²) in [4.78, 5) is 12.6. The molecule has 0 atom stereocenters. The van der Waals surface area contributed by atoms with Crippen molar-refractivity contribution in [3.8, 4) is 0 Å². The predicted octanol–water partition coefficient (Wildman–Crippen LogP) is 0.761. The molecule has 0 saturated carbocycles. The number of nitrogens with one attached hydrogen (secondary N) is 1. The first-order valence-corrected chi connectivity index (χ1v) is 7.93. The molecule has 1 rings (SSSR count). The van der Waals surface area contributed by atoms with Gasteiger partial charge in [-0.25, -0.2) is 13.1 Å². The number of nitrogens with zero attached hydrogens (tertiary/aromatic N) is 1. The van der Waals surface area contributed by atoms with Gasteiger partial charge in [0.05, 0.1) is 11.4 Å². The topological polar surface area (TPSA) is 86.7 Å². The minimum absolute atomic E-state index is 0.0824. The predicted molar refractivity (Wildman–Crippen MR) is 76.0 cm³/mol. The summed E-state index contributed by atoms with van der Waals surface area (Å²) in [6.45, 7) is 3.04. The molecule has 0 aliphatic heterocycles. The van der Waals surface area contributed by atoms with Gasteiger partial charge < -0.3 is 5.11 Å². The van der Waals surface area contributed by atoms with Gasteiger partial charge in [0.1, 0.15) is 0 Å². The van der Waals surface area contributed by atoms with Gasteiger partial charge in [0.2, 0.25) is 10.0 Å². The van der Waals surface area contributed by atoms with Crippen molar-refractivity contribution in [1.29, 1.82) is 0 Å². The summed E-state index contributed by atoms with van der Waals surface area (Å²) in [5.74, 6) is -0.913. The third-order valence-electron chi connectivity index (χ3n) is 2.67. The first kappa shape index (κ1) is 16.6. The van der Waals surface area contributed by atoms with E-state index in [4.69, 9.17) is 5.11 Å². The van der Waals surface area contributed by atoms with Crippen molar-refractivity contribution in [2.75, 3.05) is 26.2 Å². The highest BCUT2D eigenvalue weighted by molar-refractivity contribution is 7.89. The molecule has 0 aliphatic rings. The van der Waals surface area contributed by atoms with Crippen molar-refractivity contribution in [1.82, 2.24) is 9.62 Å². The average Bonchev–Trinajstić information content (AvgIpc) is 2.39. The van der Waals surface area contributed by atoms with Gasteiger partial charge in [-0.1, -0.05) is 25.1 Å². The second-order valence-electron chi connectivity index (χ2n) is 4.38. The van der Waals surface area contributed by atoms with E-state index in [1.165, 1.54) is 12.1 Å². The van der Waals surface area contributed by atoms with Crippen LogP contribution < -0.4 is 4.72 Å². The van der Waals surface area contributed by atoms with Crippen LogP contribution in [0.4, 0.5) is 0 Å². The number of hydrogen-bond acceptors (Lipinski definition) is 4. The van der Waals surface area contributed by atoms with Crippen LogP contribution in [0.2, 0.25) is 0 Å². The highest BCUT2D eigenvalue weighted by Crippen LogP contribution is 2.06. The fourth-order valence-electron chi connectivity index (χ4n) is 1.80. The fraction of sp³-hybridized carbons (Fsp3) is 0.462. The number of sulfonamides is 1. The van der Waals surface area contributed by atoms with Crippen LogP contribution in [0.3, 0.4) is 0 Å². The lowest BCUT2D eigenvalue weighted by atomic mass is 10.4. The molecule has 1 aromatic rings. The zero-order valence-corrected chi connectivity index (χ0v) is 12.3. The van der Waals surface area contributed by atoms with Crippen LogP contribution >= 0.6 is 0 Å². The van der Waals surface area contributed by atoms with Gasteiger partial charge in [0.15, 0.2) is 0 Å². The smallest absolute Gasteiger partial charge is 0.317 e. The SMILES string of the molecule is CCCN(CCNS(=O)(=O)c1ccccc1)CC(=O)O. The molecule has 7 heteroatoms. The van der Waals surface area contributed by atoms with E-state index >= 15 is 0 Å². The van der Waals surface area contributed by atoms with E-state index < -0.39 is 16.0 Å². The first-order valence-electron chi connectivity index (χ1n) is 6.44. The van der Waals surface area contributed by atoms with Crippen molar-refractivity contribution in [3.63, 3.8) is 0 Å². The van der Waals surface area contributed by atoms with Crippen LogP contribution in [0, 0.1) is 0 Å². The van der Waals surface area contributed by atoms with Gasteiger partial charge in [-0.05, 0) is 25.1 Å². The number of carboxylic acid groups (broad SMARTS) is 1. The Morgan fingerprint density at radius 1 is 1.25 bits per heavy atom. The van der Waals surface area contributed by atoms with Gasteiger partial charge in [-0.15, -0.1) is 0 Å². The Morgan fingerprint density at radius 2 is 1.90 bits per heavy atom. The minimum atomic E-state index is -3.52. The molecule has 0 spiro atoms. The van der Waals surface area contributed by atoms with Crippen LogP contribution in [-0.4, -0.2) is 50.6 Å². The molecule has 0 amide bonds. The largest absolute Gasteiger partial charge is 0.480 e. The summed E-state index contributed by atoms with van der Waals surface area (Å²) in [6.07, 6.45) is 0.818. The van der Waals surface area contributed by atoms with Crippen LogP contribution in [0.25, 0.3) is 0 Å². The Bertz CT molecular complexity index is 516. The lowest BCUT2D eigenvalue weighted by molar-refractivity contribution is -0.138. The third kappa shape index (κ3) is 5.68. The molecule has 0 unspecified atom stereocenters. The van der Waals surface area contributed by atoms with Gasteiger partial charge >= 0.3 is 5.97 Å². The van der Waals surface area contributed by atoms with Gasteiger partial charge in [-0.2, -0.15) is 0 Å². The zero-order chi connectivity index (χ0) is 15.0. The molecule has 1 aromatic carbocycles. The van der Waals surface area contributed by atoms with E-state index in [0.29, 0.717) is 13.1 Å². The summed E-state index contributed by atoms with van der Waals surface area (Å²) in [5, 5.41) is 8.77. The second-order valence-corrected chi connectivity index (χ2v) is 6.15. The van der Waals surface area contributed by atoms with E-state index in [2.05, 4.69) is 4.72 Å². The summed E-state index contributed by atoms with van der Waals surface area (Å²) in [6, 6.07) is 8.09. The van der Waals surface area contributed by atoms with Crippen molar-refractivity contribution in [3.05, 3.63) is 30.3 Å². The molecule has 0 aromatic heterocycles. The maximum absolute atomic E-state index is 11.9. The normalized spacial score (nSPS) is 11.7. The molecule has 6 nitrogen and oxygen atoms in total. The molecule has 20 heavy (non-hydrogen) atoms. The van der Waals surface area contributed by atoms with Gasteiger partial charge in [0, 0.05) is 13.1 Å². The lowest BCUT2D eigenvalue weighted by Crippen LogP contribution is -2.38. The average molecular weight is 300 g/mol. The Hall–Kier alpha value is -1.44. The molecule has 0 fully saturated rings. The third-order valence-corrected chi connectivity index (χ3v) is 4.15. The Labute approximate surface area is 119 Å².